The number of hydrogen-bond donors (Lipinski definition) is 1. The molecule has 0 radical (unpaired) electrons. The first-order valence-corrected chi connectivity index (χ1v) is 4.79. The van der Waals surface area contributed by atoms with Crippen molar-refractivity contribution in [2.24, 2.45) is 5.90 Å². The van der Waals surface area contributed by atoms with E-state index in [0.717, 1.165) is 6.42 Å². The Bertz CT molecular complexity index is 318. The van der Waals surface area contributed by atoms with E-state index >= 15 is 0 Å². The van der Waals surface area contributed by atoms with Crippen LogP contribution in [0.25, 0.3) is 6.08 Å². The van der Waals surface area contributed by atoms with Crippen LogP contribution in [0.2, 0.25) is 0 Å². The summed E-state index contributed by atoms with van der Waals surface area (Å²) in [5.41, 5.74) is 3.87. The van der Waals surface area contributed by atoms with E-state index in [1.54, 1.807) is 0 Å². The summed E-state index contributed by atoms with van der Waals surface area (Å²) in [6.07, 6.45) is 5.01. The van der Waals surface area contributed by atoms with Crippen LogP contribution in [0.1, 0.15) is 23.1 Å². The molecule has 1 aromatic rings. The van der Waals surface area contributed by atoms with Gasteiger partial charge < -0.3 is 4.84 Å². The quantitative estimate of drug-likeness (QED) is 0.586. The second-order valence-electron chi connectivity index (χ2n) is 3.41. The van der Waals surface area contributed by atoms with Gasteiger partial charge in [-0.2, -0.15) is 0 Å². The molecule has 0 bridgehead atoms. The third kappa shape index (κ3) is 3.32. The summed E-state index contributed by atoms with van der Waals surface area (Å²) in [6.45, 7) is 4.81. The normalized spacial score (nSPS) is 11.1. The number of aryl methyl sites for hydroxylation is 2. The Morgan fingerprint density at radius 1 is 1.29 bits per heavy atom. The Morgan fingerprint density at radius 2 is 2.07 bits per heavy atom. The maximum Gasteiger partial charge on any atom is 0.0713 e. The van der Waals surface area contributed by atoms with Gasteiger partial charge in [0.05, 0.1) is 6.61 Å². The van der Waals surface area contributed by atoms with Crippen LogP contribution < -0.4 is 5.90 Å². The molecule has 0 unspecified atom stereocenters. The van der Waals surface area contributed by atoms with Crippen LogP contribution >= 0.6 is 0 Å². The Kier molecular flexibility index (Phi) is 4.36. The second-order valence-corrected chi connectivity index (χ2v) is 3.41. The molecule has 1 rings (SSSR count). The van der Waals surface area contributed by atoms with E-state index < -0.39 is 0 Å². The average molecular weight is 191 g/mol. The Balaban J connectivity index is 2.59. The topological polar surface area (TPSA) is 35.2 Å². The molecule has 0 saturated heterocycles. The first-order chi connectivity index (χ1) is 6.74. The van der Waals surface area contributed by atoms with E-state index in [2.05, 4.69) is 49.0 Å². The zero-order chi connectivity index (χ0) is 10.4. The van der Waals surface area contributed by atoms with Crippen molar-refractivity contribution in [3.63, 3.8) is 0 Å². The molecule has 0 fully saturated rings. The van der Waals surface area contributed by atoms with Gasteiger partial charge in [-0.15, -0.1) is 0 Å². The largest absolute Gasteiger partial charge is 0.304 e. The van der Waals surface area contributed by atoms with E-state index in [1.807, 2.05) is 0 Å². The summed E-state index contributed by atoms with van der Waals surface area (Å²) in [5.74, 6) is 4.92. The van der Waals surface area contributed by atoms with Crippen molar-refractivity contribution < 1.29 is 4.84 Å². The number of rotatable bonds is 4. The lowest BCUT2D eigenvalue weighted by atomic mass is 10.1. The zero-order valence-corrected chi connectivity index (χ0v) is 8.79. The second kappa shape index (κ2) is 5.58. The maximum atomic E-state index is 4.92. The standard InChI is InChI=1S/C12H17NO/c1-10-6-7-12(9-11(10)2)5-3-4-8-14-13/h3,5-7,9H,4,8,13H2,1-2H3/b5-3+. The van der Waals surface area contributed by atoms with Gasteiger partial charge in [-0.1, -0.05) is 30.4 Å². The minimum Gasteiger partial charge on any atom is -0.304 e. The van der Waals surface area contributed by atoms with E-state index in [0.29, 0.717) is 6.61 Å². The van der Waals surface area contributed by atoms with Crippen molar-refractivity contribution in [2.75, 3.05) is 6.61 Å². The maximum absolute atomic E-state index is 4.92. The molecule has 1 aromatic carbocycles. The third-order valence-electron chi connectivity index (χ3n) is 2.24. The molecule has 0 atom stereocenters. The number of benzene rings is 1. The summed E-state index contributed by atoms with van der Waals surface area (Å²) in [4.78, 5) is 4.47. The fraction of sp³-hybridized carbons (Fsp3) is 0.333. The van der Waals surface area contributed by atoms with Gasteiger partial charge in [0.15, 0.2) is 0 Å². The summed E-state index contributed by atoms with van der Waals surface area (Å²) in [5, 5.41) is 0. The van der Waals surface area contributed by atoms with Crippen molar-refractivity contribution in [1.29, 1.82) is 0 Å². The van der Waals surface area contributed by atoms with Crippen LogP contribution in [0.5, 0.6) is 0 Å². The van der Waals surface area contributed by atoms with Gasteiger partial charge >= 0.3 is 0 Å². The van der Waals surface area contributed by atoms with Gasteiger partial charge in [-0.3, -0.25) is 0 Å². The lowest BCUT2D eigenvalue weighted by Crippen LogP contribution is -1.98. The molecular formula is C12H17NO. The van der Waals surface area contributed by atoms with Crippen LogP contribution in [-0.4, -0.2) is 6.61 Å². The summed E-state index contributed by atoms with van der Waals surface area (Å²) < 4.78 is 0. The van der Waals surface area contributed by atoms with Crippen LogP contribution in [0, 0.1) is 13.8 Å². The van der Waals surface area contributed by atoms with Gasteiger partial charge in [-0.05, 0) is 37.0 Å². The predicted octanol–water partition coefficient (Wildman–Crippen LogP) is 2.60. The van der Waals surface area contributed by atoms with Crippen molar-refractivity contribution in [3.05, 3.63) is 41.0 Å². The molecule has 0 heterocycles. The minimum absolute atomic E-state index is 0.571. The molecule has 0 amide bonds. The minimum atomic E-state index is 0.571. The van der Waals surface area contributed by atoms with Gasteiger partial charge in [0, 0.05) is 0 Å². The Labute approximate surface area is 85.3 Å². The number of hydrogen-bond acceptors (Lipinski definition) is 2. The van der Waals surface area contributed by atoms with E-state index in [1.165, 1.54) is 16.7 Å². The van der Waals surface area contributed by atoms with Crippen LogP contribution in [0.4, 0.5) is 0 Å². The summed E-state index contributed by atoms with van der Waals surface area (Å²) in [7, 11) is 0. The molecule has 0 saturated carbocycles. The SMILES string of the molecule is Cc1ccc(/C=C/CCON)cc1C. The van der Waals surface area contributed by atoms with Gasteiger partial charge in [0.1, 0.15) is 0 Å². The highest BCUT2D eigenvalue weighted by Crippen LogP contribution is 2.11. The van der Waals surface area contributed by atoms with Crippen molar-refractivity contribution in [2.45, 2.75) is 20.3 Å². The smallest absolute Gasteiger partial charge is 0.0713 e. The van der Waals surface area contributed by atoms with Crippen LogP contribution in [0.15, 0.2) is 24.3 Å². The highest BCUT2D eigenvalue weighted by Gasteiger charge is 1.92. The van der Waals surface area contributed by atoms with Gasteiger partial charge in [-0.25, -0.2) is 5.90 Å². The molecule has 0 aliphatic heterocycles. The third-order valence-corrected chi connectivity index (χ3v) is 2.24. The van der Waals surface area contributed by atoms with Crippen molar-refractivity contribution >= 4 is 6.08 Å². The molecule has 0 aromatic heterocycles. The van der Waals surface area contributed by atoms with Crippen LogP contribution in [0.3, 0.4) is 0 Å². The molecule has 2 heteroatoms. The molecule has 2 N–H and O–H groups in total. The molecule has 14 heavy (non-hydrogen) atoms. The first kappa shape index (κ1) is 11.0. The Hall–Kier alpha value is -1.12. The van der Waals surface area contributed by atoms with Crippen molar-refractivity contribution in [1.82, 2.24) is 0 Å². The number of nitrogens with two attached hydrogens (primary N) is 1. The summed E-state index contributed by atoms with van der Waals surface area (Å²) in [6, 6.07) is 6.42. The van der Waals surface area contributed by atoms with E-state index in [-0.39, 0.29) is 0 Å². The lowest BCUT2D eigenvalue weighted by molar-refractivity contribution is 0.143. The molecular weight excluding hydrogens is 174 g/mol. The molecule has 76 valence electrons. The predicted molar refractivity (Wildman–Crippen MR) is 59.7 cm³/mol. The van der Waals surface area contributed by atoms with Gasteiger partial charge in [0.2, 0.25) is 0 Å². The molecule has 2 nitrogen and oxygen atoms in total. The lowest BCUT2D eigenvalue weighted by Gasteiger charge is -2.00. The fourth-order valence-electron chi connectivity index (χ4n) is 1.22. The average Bonchev–Trinajstić information content (AvgIpc) is 2.18. The monoisotopic (exact) mass is 191 g/mol. The zero-order valence-electron chi connectivity index (χ0n) is 8.79. The Morgan fingerprint density at radius 3 is 2.71 bits per heavy atom. The van der Waals surface area contributed by atoms with Crippen LogP contribution in [-0.2, 0) is 4.84 Å². The summed E-state index contributed by atoms with van der Waals surface area (Å²) >= 11 is 0. The molecule has 0 aliphatic rings. The van der Waals surface area contributed by atoms with E-state index in [9.17, 15) is 0 Å². The molecule has 0 aliphatic carbocycles. The highest BCUT2D eigenvalue weighted by molar-refractivity contribution is 5.51. The van der Waals surface area contributed by atoms with Gasteiger partial charge in [0.25, 0.3) is 0 Å². The highest BCUT2D eigenvalue weighted by atomic mass is 16.6. The van der Waals surface area contributed by atoms with E-state index in [4.69, 9.17) is 5.90 Å². The first-order valence-electron chi connectivity index (χ1n) is 4.79. The van der Waals surface area contributed by atoms with Crippen molar-refractivity contribution in [3.8, 4) is 0 Å². The fourth-order valence-corrected chi connectivity index (χ4v) is 1.22. The molecule has 0 spiro atoms.